The van der Waals surface area contributed by atoms with Gasteiger partial charge in [-0.05, 0) is 111 Å². The van der Waals surface area contributed by atoms with E-state index < -0.39 is 103 Å². The zero-order valence-electron chi connectivity index (χ0n) is 36.0. The summed E-state index contributed by atoms with van der Waals surface area (Å²) in [4.78, 5) is 25.8. The molecule has 8 fully saturated rings. The second-order valence-electron chi connectivity index (χ2n) is 21.3. The molecule has 8 rings (SSSR count). The highest BCUT2D eigenvalue weighted by Gasteiger charge is 2.76. The van der Waals surface area contributed by atoms with Crippen molar-refractivity contribution in [3.63, 3.8) is 0 Å². The van der Waals surface area contributed by atoms with Crippen molar-refractivity contribution in [2.24, 2.45) is 56.7 Å². The molecule has 2 bridgehead atoms. The number of fused-ring (bicyclic) bond motifs is 5. The van der Waals surface area contributed by atoms with Gasteiger partial charge in [0.05, 0.1) is 31.3 Å². The monoisotopic (exact) mass is 854 g/mol. The van der Waals surface area contributed by atoms with Crippen LogP contribution in [0.15, 0.2) is 0 Å². The molecule has 0 radical (unpaired) electrons. The Kier molecular flexibility index (Phi) is 11.7. The first-order chi connectivity index (χ1) is 28.2. The normalized spacial score (nSPS) is 56.1. The molecule has 5 saturated carbocycles. The van der Waals surface area contributed by atoms with Crippen LogP contribution in [0.1, 0.15) is 106 Å². The van der Waals surface area contributed by atoms with E-state index >= 15 is 0 Å². The van der Waals surface area contributed by atoms with E-state index in [0.717, 1.165) is 64.7 Å². The minimum Gasteiger partial charge on any atom is -0.463 e. The van der Waals surface area contributed by atoms with E-state index in [0.29, 0.717) is 6.42 Å². The summed E-state index contributed by atoms with van der Waals surface area (Å²) in [5.41, 5.74) is -2.64. The standard InChI is InChI=1S/C44H70O16/c1-21(48)55-18-25-31(50)32(51)34(53)36(57-25)59-35-33(52)30(49)24(17-45)56-37(35)58-29-12-13-39(2)26(40(29,3)19-46)11-15-41(4)27(39)7-8-28-42(41,5)14-9-23-22-10-16-44(23,28)38(54)60-43(22,6)20-47/h22-37,45-47,49-53H,7-20H2,1-6H3/t22-,23-,24+,25+,26+,27+,28-,29-,30+,31+,32-,33-,34+,35+,36-,37-,39-,40+,41+,42+,43-,44+/m0/s1. The van der Waals surface area contributed by atoms with E-state index in [1.807, 2.05) is 13.8 Å². The molecule has 0 unspecified atom stereocenters. The van der Waals surface area contributed by atoms with Crippen LogP contribution in [0.25, 0.3) is 0 Å². The molecule has 342 valence electrons. The SMILES string of the molecule is CC(=O)OC[C@H]1O[C@@H](O[C@H]2[C@H](O[C@H]3CC[C@@]4(C)[C@@H](CC[C@]5(C)[C@@H]4CC[C@@H]4[C@@]67CC[C@@H]([C@@H]6CC[C@]45C)[C@](C)(CO)OC7=O)[C@@]3(C)CO)O[C@H](CO)[C@@H](O)[C@@H]2O)[C@H](O)[C@@H](O)[C@@H]1O. The highest BCUT2D eigenvalue weighted by Crippen LogP contribution is 2.79. The van der Waals surface area contributed by atoms with Crippen LogP contribution in [-0.4, -0.2) is 152 Å². The summed E-state index contributed by atoms with van der Waals surface area (Å²) in [5.74, 6) is 0.0360. The predicted octanol–water partition coefficient (Wildman–Crippen LogP) is 0.928. The summed E-state index contributed by atoms with van der Waals surface area (Å²) in [6.45, 7) is 10.8. The molecule has 22 atom stereocenters. The molecule has 0 aromatic heterocycles. The number of hydrogen-bond acceptors (Lipinski definition) is 16. The van der Waals surface area contributed by atoms with Crippen molar-refractivity contribution in [2.45, 2.75) is 179 Å². The average molecular weight is 855 g/mol. The number of carbonyl (C=O) groups is 2. The number of cyclic esters (lactones) is 1. The first-order valence-electron chi connectivity index (χ1n) is 22.4. The highest BCUT2D eigenvalue weighted by molar-refractivity contribution is 5.80. The van der Waals surface area contributed by atoms with Gasteiger partial charge in [0, 0.05) is 18.3 Å². The van der Waals surface area contributed by atoms with Crippen molar-refractivity contribution in [2.75, 3.05) is 26.4 Å². The van der Waals surface area contributed by atoms with Gasteiger partial charge in [-0.1, -0.05) is 27.7 Å². The van der Waals surface area contributed by atoms with E-state index in [4.69, 9.17) is 28.4 Å². The lowest BCUT2D eigenvalue weighted by Gasteiger charge is -2.73. The van der Waals surface area contributed by atoms with Crippen molar-refractivity contribution in [1.82, 2.24) is 0 Å². The lowest BCUT2D eigenvalue weighted by atomic mass is 9.31. The van der Waals surface area contributed by atoms with Crippen molar-refractivity contribution in [1.29, 1.82) is 0 Å². The Morgan fingerprint density at radius 1 is 0.667 bits per heavy atom. The zero-order valence-corrected chi connectivity index (χ0v) is 36.0. The fourth-order valence-electron chi connectivity index (χ4n) is 15.6. The molecule has 3 aliphatic heterocycles. The number of hydrogen-bond donors (Lipinski definition) is 8. The summed E-state index contributed by atoms with van der Waals surface area (Å²) in [7, 11) is 0. The first kappa shape index (κ1) is 45.0. The Labute approximate surface area is 352 Å². The van der Waals surface area contributed by atoms with Crippen LogP contribution in [-0.2, 0) is 38.0 Å². The molecular weight excluding hydrogens is 784 g/mol. The van der Waals surface area contributed by atoms with Crippen molar-refractivity contribution >= 4 is 11.9 Å². The third-order valence-corrected chi connectivity index (χ3v) is 18.9. The van der Waals surface area contributed by atoms with E-state index in [-0.39, 0.29) is 65.0 Å². The Hall–Kier alpha value is -1.54. The highest BCUT2D eigenvalue weighted by atomic mass is 16.8. The summed E-state index contributed by atoms with van der Waals surface area (Å²) < 4.78 is 35.8. The topological polar surface area (TPSA) is 251 Å². The molecule has 60 heavy (non-hydrogen) atoms. The Balaban J connectivity index is 1.04. The predicted molar refractivity (Wildman–Crippen MR) is 208 cm³/mol. The van der Waals surface area contributed by atoms with Gasteiger partial charge in [0.15, 0.2) is 12.6 Å². The smallest absolute Gasteiger partial charge is 0.313 e. The third kappa shape index (κ3) is 6.27. The maximum Gasteiger partial charge on any atom is 0.313 e. The Bertz CT molecular complexity index is 1630. The molecule has 0 spiro atoms. The number of carbonyl (C=O) groups excluding carboxylic acids is 2. The van der Waals surface area contributed by atoms with E-state index in [1.165, 1.54) is 0 Å². The zero-order chi connectivity index (χ0) is 43.5. The van der Waals surface area contributed by atoms with E-state index in [2.05, 4.69) is 20.8 Å². The fourth-order valence-corrected chi connectivity index (χ4v) is 15.6. The first-order valence-corrected chi connectivity index (χ1v) is 22.4. The van der Waals surface area contributed by atoms with Crippen LogP contribution in [0.3, 0.4) is 0 Å². The number of aliphatic hydroxyl groups excluding tert-OH is 8. The average Bonchev–Trinajstić information content (AvgIpc) is 3.58. The largest absolute Gasteiger partial charge is 0.463 e. The van der Waals surface area contributed by atoms with Gasteiger partial charge in [-0.15, -0.1) is 0 Å². The molecule has 16 nitrogen and oxygen atoms in total. The number of esters is 2. The third-order valence-electron chi connectivity index (χ3n) is 18.9. The molecule has 8 N–H and O–H groups in total. The lowest BCUT2D eigenvalue weighted by molar-refractivity contribution is -0.380. The van der Waals surface area contributed by atoms with Crippen molar-refractivity contribution < 1.29 is 78.9 Å². The van der Waals surface area contributed by atoms with E-state index in [9.17, 15) is 50.4 Å². The van der Waals surface area contributed by atoms with Gasteiger partial charge in [0.2, 0.25) is 0 Å². The van der Waals surface area contributed by atoms with Gasteiger partial charge in [0.25, 0.3) is 0 Å². The molecule has 3 heterocycles. The van der Waals surface area contributed by atoms with Crippen LogP contribution >= 0.6 is 0 Å². The molecule has 8 aliphatic rings. The lowest BCUT2D eigenvalue weighted by Crippen LogP contribution is -2.70. The molecular formula is C44H70O16. The maximum absolute atomic E-state index is 14.3. The summed E-state index contributed by atoms with van der Waals surface area (Å²) >= 11 is 0. The Morgan fingerprint density at radius 2 is 1.30 bits per heavy atom. The van der Waals surface area contributed by atoms with Gasteiger partial charge in [-0.25, -0.2) is 0 Å². The fraction of sp³-hybridized carbons (Fsp3) is 0.955. The van der Waals surface area contributed by atoms with Crippen molar-refractivity contribution in [3.8, 4) is 0 Å². The quantitative estimate of drug-likeness (QED) is 0.119. The minimum atomic E-state index is -1.82. The summed E-state index contributed by atoms with van der Waals surface area (Å²) in [5, 5.41) is 86.4. The van der Waals surface area contributed by atoms with Crippen molar-refractivity contribution in [3.05, 3.63) is 0 Å². The number of aliphatic hydroxyl groups is 8. The molecule has 5 aliphatic carbocycles. The van der Waals surface area contributed by atoms with Gasteiger partial charge in [-0.2, -0.15) is 0 Å². The maximum atomic E-state index is 14.3. The van der Waals surface area contributed by atoms with Crippen LogP contribution in [0.2, 0.25) is 0 Å². The van der Waals surface area contributed by atoms with Gasteiger partial charge in [0.1, 0.15) is 61.0 Å². The molecule has 0 aromatic carbocycles. The number of ether oxygens (including phenoxy) is 6. The van der Waals surface area contributed by atoms with E-state index in [1.54, 1.807) is 0 Å². The van der Waals surface area contributed by atoms with Crippen LogP contribution in [0.5, 0.6) is 0 Å². The molecule has 0 amide bonds. The Morgan fingerprint density at radius 3 is 1.97 bits per heavy atom. The molecule has 16 heteroatoms. The van der Waals surface area contributed by atoms with Gasteiger partial charge < -0.3 is 69.3 Å². The minimum absolute atomic E-state index is 0.00322. The van der Waals surface area contributed by atoms with Gasteiger partial charge in [-0.3, -0.25) is 9.59 Å². The number of rotatable bonds is 9. The summed E-state index contributed by atoms with van der Waals surface area (Å²) in [6, 6.07) is 0. The summed E-state index contributed by atoms with van der Waals surface area (Å²) in [6.07, 6.45) is -8.07. The second-order valence-corrected chi connectivity index (χ2v) is 21.3. The van der Waals surface area contributed by atoms with Crippen LogP contribution in [0.4, 0.5) is 0 Å². The van der Waals surface area contributed by atoms with Crippen LogP contribution in [0, 0.1) is 56.7 Å². The van der Waals surface area contributed by atoms with Gasteiger partial charge >= 0.3 is 11.9 Å². The molecule has 0 aromatic rings. The van der Waals surface area contributed by atoms with Crippen LogP contribution < -0.4 is 0 Å². The molecule has 3 saturated heterocycles. The second kappa shape index (κ2) is 15.6.